The van der Waals surface area contributed by atoms with E-state index < -0.39 is 0 Å². The van der Waals surface area contributed by atoms with E-state index in [0.717, 1.165) is 17.7 Å². The van der Waals surface area contributed by atoms with Gasteiger partial charge in [0.25, 0.3) is 0 Å². The molecule has 1 unspecified atom stereocenters. The molecule has 3 N–H and O–H groups in total. The number of hydrazine groups is 1. The SMILES string of the molecule is Cc1c(C(Cc2ccc(C(C)(C)C)cc2)NN)cnn1C. The molecule has 2 aromatic rings. The summed E-state index contributed by atoms with van der Waals surface area (Å²) in [6.45, 7) is 8.75. The highest BCUT2D eigenvalue weighted by molar-refractivity contribution is 5.30. The van der Waals surface area contributed by atoms with Crippen LogP contribution >= 0.6 is 0 Å². The third-order valence-corrected chi connectivity index (χ3v) is 4.11. The Hall–Kier alpha value is -1.65. The minimum atomic E-state index is 0.0826. The molecule has 21 heavy (non-hydrogen) atoms. The first-order valence-electron chi connectivity index (χ1n) is 7.37. The van der Waals surface area contributed by atoms with E-state index in [1.165, 1.54) is 11.1 Å². The molecule has 0 fully saturated rings. The first kappa shape index (κ1) is 15.7. The molecule has 114 valence electrons. The highest BCUT2D eigenvalue weighted by Gasteiger charge is 2.17. The van der Waals surface area contributed by atoms with Gasteiger partial charge in [-0.05, 0) is 29.9 Å². The number of hydrogen-bond donors (Lipinski definition) is 2. The monoisotopic (exact) mass is 286 g/mol. The summed E-state index contributed by atoms with van der Waals surface area (Å²) in [6, 6.07) is 8.88. The maximum Gasteiger partial charge on any atom is 0.0540 e. The second kappa shape index (κ2) is 6.00. The van der Waals surface area contributed by atoms with Gasteiger partial charge in [0, 0.05) is 18.3 Å². The fourth-order valence-electron chi connectivity index (χ4n) is 2.49. The van der Waals surface area contributed by atoms with E-state index in [1.54, 1.807) is 0 Å². The van der Waals surface area contributed by atoms with Crippen molar-refractivity contribution in [1.29, 1.82) is 0 Å². The zero-order valence-electron chi connectivity index (χ0n) is 13.6. The van der Waals surface area contributed by atoms with Gasteiger partial charge < -0.3 is 0 Å². The lowest BCUT2D eigenvalue weighted by atomic mass is 9.86. The Morgan fingerprint density at radius 1 is 1.24 bits per heavy atom. The Balaban J connectivity index is 2.18. The van der Waals surface area contributed by atoms with Crippen LogP contribution in [0.25, 0.3) is 0 Å². The molecule has 4 heteroatoms. The van der Waals surface area contributed by atoms with Crippen LogP contribution in [-0.4, -0.2) is 9.78 Å². The summed E-state index contributed by atoms with van der Waals surface area (Å²) in [4.78, 5) is 0. The highest BCUT2D eigenvalue weighted by atomic mass is 15.3. The average Bonchev–Trinajstić information content (AvgIpc) is 2.76. The van der Waals surface area contributed by atoms with E-state index in [0.29, 0.717) is 0 Å². The van der Waals surface area contributed by atoms with Gasteiger partial charge in [0.15, 0.2) is 0 Å². The van der Waals surface area contributed by atoms with Crippen LogP contribution in [0.15, 0.2) is 30.5 Å². The number of hydrogen-bond acceptors (Lipinski definition) is 3. The van der Waals surface area contributed by atoms with Gasteiger partial charge in [0.1, 0.15) is 0 Å². The minimum absolute atomic E-state index is 0.0826. The molecule has 0 aliphatic heterocycles. The summed E-state index contributed by atoms with van der Waals surface area (Å²) in [5, 5.41) is 4.29. The van der Waals surface area contributed by atoms with Crippen LogP contribution in [0, 0.1) is 6.92 Å². The number of rotatable bonds is 4. The van der Waals surface area contributed by atoms with Crippen molar-refractivity contribution in [2.24, 2.45) is 12.9 Å². The molecule has 0 aliphatic carbocycles. The molecule has 0 radical (unpaired) electrons. The second-order valence-electron chi connectivity index (χ2n) is 6.68. The molecular formula is C17H26N4. The van der Waals surface area contributed by atoms with E-state index in [1.807, 2.05) is 17.9 Å². The molecular weight excluding hydrogens is 260 g/mol. The molecule has 2 rings (SSSR count). The number of benzene rings is 1. The lowest BCUT2D eigenvalue weighted by Crippen LogP contribution is -2.30. The smallest absolute Gasteiger partial charge is 0.0540 e. The van der Waals surface area contributed by atoms with Crippen molar-refractivity contribution in [3.63, 3.8) is 0 Å². The highest BCUT2D eigenvalue weighted by Crippen LogP contribution is 2.24. The van der Waals surface area contributed by atoms with E-state index in [4.69, 9.17) is 5.84 Å². The van der Waals surface area contributed by atoms with Crippen LogP contribution < -0.4 is 11.3 Å². The van der Waals surface area contributed by atoms with Crippen LogP contribution in [0.5, 0.6) is 0 Å². The first-order valence-corrected chi connectivity index (χ1v) is 7.37. The average molecular weight is 286 g/mol. The Morgan fingerprint density at radius 3 is 2.29 bits per heavy atom. The summed E-state index contributed by atoms with van der Waals surface area (Å²) >= 11 is 0. The van der Waals surface area contributed by atoms with E-state index in [9.17, 15) is 0 Å². The van der Waals surface area contributed by atoms with Gasteiger partial charge >= 0.3 is 0 Å². The summed E-state index contributed by atoms with van der Waals surface area (Å²) in [5.74, 6) is 5.74. The predicted octanol–water partition coefficient (Wildman–Crippen LogP) is 2.77. The van der Waals surface area contributed by atoms with Crippen LogP contribution in [-0.2, 0) is 18.9 Å². The van der Waals surface area contributed by atoms with E-state index in [-0.39, 0.29) is 11.5 Å². The van der Waals surface area contributed by atoms with Crippen molar-refractivity contribution >= 4 is 0 Å². The molecule has 4 nitrogen and oxygen atoms in total. The van der Waals surface area contributed by atoms with Crippen molar-refractivity contribution in [3.05, 3.63) is 52.8 Å². The normalized spacial score (nSPS) is 13.4. The largest absolute Gasteiger partial charge is 0.273 e. The number of nitrogens with zero attached hydrogens (tertiary/aromatic N) is 2. The zero-order chi connectivity index (χ0) is 15.6. The Morgan fingerprint density at radius 2 is 1.86 bits per heavy atom. The van der Waals surface area contributed by atoms with E-state index in [2.05, 4.69) is 62.5 Å². The topological polar surface area (TPSA) is 55.9 Å². The first-order chi connectivity index (χ1) is 9.82. The summed E-state index contributed by atoms with van der Waals surface area (Å²) in [5.41, 5.74) is 8.01. The molecule has 0 bridgehead atoms. The summed E-state index contributed by atoms with van der Waals surface area (Å²) in [7, 11) is 1.95. The third kappa shape index (κ3) is 3.52. The zero-order valence-corrected chi connectivity index (χ0v) is 13.6. The minimum Gasteiger partial charge on any atom is -0.273 e. The van der Waals surface area contributed by atoms with Crippen LogP contribution in [0.4, 0.5) is 0 Å². The number of aryl methyl sites for hydroxylation is 1. The molecule has 0 saturated carbocycles. The summed E-state index contributed by atoms with van der Waals surface area (Å²) in [6.07, 6.45) is 2.75. The van der Waals surface area contributed by atoms with Crippen molar-refractivity contribution in [2.45, 2.75) is 45.6 Å². The maximum atomic E-state index is 5.74. The second-order valence-corrected chi connectivity index (χ2v) is 6.68. The third-order valence-electron chi connectivity index (χ3n) is 4.11. The molecule has 0 amide bonds. The molecule has 1 aromatic heterocycles. The molecule has 0 aliphatic rings. The fourth-order valence-corrected chi connectivity index (χ4v) is 2.49. The molecule has 1 aromatic carbocycles. The Bertz CT molecular complexity index is 590. The van der Waals surface area contributed by atoms with Crippen LogP contribution in [0.1, 0.15) is 49.2 Å². The van der Waals surface area contributed by atoms with E-state index >= 15 is 0 Å². The van der Waals surface area contributed by atoms with Gasteiger partial charge in [-0.3, -0.25) is 16.0 Å². The van der Waals surface area contributed by atoms with Crippen LogP contribution in [0.3, 0.4) is 0 Å². The Kier molecular flexibility index (Phi) is 4.49. The van der Waals surface area contributed by atoms with Gasteiger partial charge in [-0.15, -0.1) is 0 Å². The number of aromatic nitrogens is 2. The lowest BCUT2D eigenvalue weighted by molar-refractivity contribution is 0.547. The van der Waals surface area contributed by atoms with Crippen molar-refractivity contribution in [1.82, 2.24) is 15.2 Å². The fraction of sp³-hybridized carbons (Fsp3) is 0.471. The molecule has 0 spiro atoms. The predicted molar refractivity (Wildman–Crippen MR) is 86.9 cm³/mol. The molecule has 1 atom stereocenters. The van der Waals surface area contributed by atoms with Crippen LogP contribution in [0.2, 0.25) is 0 Å². The lowest BCUT2D eigenvalue weighted by Gasteiger charge is -2.20. The van der Waals surface area contributed by atoms with Crippen molar-refractivity contribution < 1.29 is 0 Å². The van der Waals surface area contributed by atoms with Gasteiger partial charge in [-0.1, -0.05) is 45.0 Å². The van der Waals surface area contributed by atoms with Crippen molar-refractivity contribution in [2.75, 3.05) is 0 Å². The van der Waals surface area contributed by atoms with Gasteiger partial charge in [-0.25, -0.2) is 0 Å². The van der Waals surface area contributed by atoms with Gasteiger partial charge in [-0.2, -0.15) is 5.10 Å². The maximum absolute atomic E-state index is 5.74. The molecule has 0 saturated heterocycles. The standard InChI is InChI=1S/C17H26N4/c1-12-15(11-19-21(12)5)16(20-18)10-13-6-8-14(9-7-13)17(2,3)4/h6-9,11,16,20H,10,18H2,1-5H3. The number of nitrogens with one attached hydrogen (secondary N) is 1. The Labute approximate surface area is 127 Å². The van der Waals surface area contributed by atoms with Gasteiger partial charge in [0.2, 0.25) is 0 Å². The number of nitrogens with two attached hydrogens (primary N) is 1. The summed E-state index contributed by atoms with van der Waals surface area (Å²) < 4.78 is 1.88. The molecule has 1 heterocycles. The quantitative estimate of drug-likeness (QED) is 0.671. The van der Waals surface area contributed by atoms with Crippen molar-refractivity contribution in [3.8, 4) is 0 Å². The van der Waals surface area contributed by atoms with Gasteiger partial charge in [0.05, 0.1) is 12.2 Å².